The minimum Gasteiger partial charge on any atom is -0.457 e. The summed E-state index contributed by atoms with van der Waals surface area (Å²) >= 11 is 5.04. The van der Waals surface area contributed by atoms with Crippen LogP contribution in [0.3, 0.4) is 0 Å². The van der Waals surface area contributed by atoms with Crippen LogP contribution < -0.4 is 11.3 Å². The van der Waals surface area contributed by atoms with Gasteiger partial charge in [0.2, 0.25) is 0 Å². The van der Waals surface area contributed by atoms with Gasteiger partial charge in [0.1, 0.15) is 0 Å². The lowest BCUT2D eigenvalue weighted by molar-refractivity contribution is 0.507. The number of hydrogen-bond acceptors (Lipinski definition) is 4. The fourth-order valence-corrected chi connectivity index (χ4v) is 2.65. The summed E-state index contributed by atoms with van der Waals surface area (Å²) in [5.41, 5.74) is 5.12. The first-order chi connectivity index (χ1) is 7.31. The van der Waals surface area contributed by atoms with Gasteiger partial charge in [-0.2, -0.15) is 11.3 Å². The third-order valence-corrected chi connectivity index (χ3v) is 3.62. The SMILES string of the molecule is NNC(Cc1ccsc1)c1ccoc1Br. The van der Waals surface area contributed by atoms with Crippen molar-refractivity contribution in [2.75, 3.05) is 0 Å². The first kappa shape index (κ1) is 10.9. The average Bonchev–Trinajstić information content (AvgIpc) is 2.85. The van der Waals surface area contributed by atoms with Gasteiger partial charge < -0.3 is 4.42 Å². The molecule has 0 fully saturated rings. The Morgan fingerprint density at radius 1 is 1.53 bits per heavy atom. The Labute approximate surface area is 100 Å². The monoisotopic (exact) mass is 286 g/mol. The van der Waals surface area contributed by atoms with E-state index in [0.29, 0.717) is 0 Å². The molecule has 2 aromatic heterocycles. The minimum atomic E-state index is 0.0766. The highest BCUT2D eigenvalue weighted by Gasteiger charge is 2.15. The molecular formula is C10H11BrN2OS. The summed E-state index contributed by atoms with van der Waals surface area (Å²) in [5, 5.41) is 4.19. The molecule has 3 nitrogen and oxygen atoms in total. The summed E-state index contributed by atoms with van der Waals surface area (Å²) in [6, 6.07) is 4.09. The van der Waals surface area contributed by atoms with E-state index in [-0.39, 0.29) is 6.04 Å². The molecule has 2 heterocycles. The molecular weight excluding hydrogens is 276 g/mol. The van der Waals surface area contributed by atoms with Crippen LogP contribution in [-0.4, -0.2) is 0 Å². The minimum absolute atomic E-state index is 0.0766. The van der Waals surface area contributed by atoms with E-state index < -0.39 is 0 Å². The molecule has 2 rings (SSSR count). The highest BCUT2D eigenvalue weighted by atomic mass is 79.9. The Kier molecular flexibility index (Phi) is 3.58. The number of nitrogens with two attached hydrogens (primary N) is 1. The van der Waals surface area contributed by atoms with E-state index in [1.807, 2.05) is 6.07 Å². The first-order valence-corrected chi connectivity index (χ1v) is 6.25. The Morgan fingerprint density at radius 3 is 2.93 bits per heavy atom. The second-order valence-corrected chi connectivity index (χ2v) is 4.70. The Morgan fingerprint density at radius 2 is 2.40 bits per heavy atom. The van der Waals surface area contributed by atoms with Crippen LogP contribution in [0.4, 0.5) is 0 Å². The van der Waals surface area contributed by atoms with Crippen LogP contribution in [0.1, 0.15) is 17.2 Å². The number of hydrogen-bond donors (Lipinski definition) is 2. The molecule has 0 spiro atoms. The molecule has 2 aromatic rings. The third kappa shape index (κ3) is 2.49. The van der Waals surface area contributed by atoms with Crippen molar-refractivity contribution in [3.63, 3.8) is 0 Å². The molecule has 0 aromatic carbocycles. The summed E-state index contributed by atoms with van der Waals surface area (Å²) in [4.78, 5) is 0. The van der Waals surface area contributed by atoms with Gasteiger partial charge in [-0.3, -0.25) is 11.3 Å². The van der Waals surface area contributed by atoms with Gasteiger partial charge in [-0.1, -0.05) is 0 Å². The smallest absolute Gasteiger partial charge is 0.173 e. The van der Waals surface area contributed by atoms with E-state index in [4.69, 9.17) is 10.3 Å². The van der Waals surface area contributed by atoms with Crippen molar-refractivity contribution in [3.05, 3.63) is 45.0 Å². The van der Waals surface area contributed by atoms with Crippen molar-refractivity contribution in [2.45, 2.75) is 12.5 Å². The highest BCUT2D eigenvalue weighted by molar-refractivity contribution is 9.10. The van der Waals surface area contributed by atoms with Crippen LogP contribution in [0.15, 0.2) is 38.2 Å². The molecule has 3 N–H and O–H groups in total. The molecule has 0 saturated heterocycles. The lowest BCUT2D eigenvalue weighted by Crippen LogP contribution is -2.29. The summed E-state index contributed by atoms with van der Waals surface area (Å²) in [6.07, 6.45) is 2.51. The van der Waals surface area contributed by atoms with E-state index in [9.17, 15) is 0 Å². The third-order valence-electron chi connectivity index (χ3n) is 2.24. The molecule has 0 aliphatic heterocycles. The average molecular weight is 287 g/mol. The van der Waals surface area contributed by atoms with Crippen LogP contribution in [0.25, 0.3) is 0 Å². The molecule has 0 aliphatic rings. The zero-order valence-corrected chi connectivity index (χ0v) is 10.3. The van der Waals surface area contributed by atoms with Gasteiger partial charge in [0.15, 0.2) is 4.67 Å². The highest BCUT2D eigenvalue weighted by Crippen LogP contribution is 2.27. The molecule has 0 radical (unpaired) electrons. The second-order valence-electron chi connectivity index (χ2n) is 3.20. The normalized spacial score (nSPS) is 12.9. The van der Waals surface area contributed by atoms with Gasteiger partial charge in [-0.15, -0.1) is 0 Å². The van der Waals surface area contributed by atoms with Gasteiger partial charge in [0.05, 0.1) is 12.3 Å². The van der Waals surface area contributed by atoms with Crippen LogP contribution in [0, 0.1) is 0 Å². The maximum absolute atomic E-state index is 5.54. The first-order valence-electron chi connectivity index (χ1n) is 4.51. The summed E-state index contributed by atoms with van der Waals surface area (Å²) < 4.78 is 5.93. The Hall–Kier alpha value is -0.620. The number of hydrazine groups is 1. The van der Waals surface area contributed by atoms with E-state index in [0.717, 1.165) is 16.7 Å². The molecule has 5 heteroatoms. The van der Waals surface area contributed by atoms with Gasteiger partial charge in [-0.25, -0.2) is 0 Å². The maximum atomic E-state index is 5.54. The van der Waals surface area contributed by atoms with Gasteiger partial charge in [-0.05, 0) is 50.8 Å². The molecule has 0 saturated carbocycles. The summed E-state index contributed by atoms with van der Waals surface area (Å²) in [5.74, 6) is 5.54. The zero-order chi connectivity index (χ0) is 10.7. The molecule has 0 aliphatic carbocycles. The van der Waals surface area contributed by atoms with E-state index in [1.165, 1.54) is 5.56 Å². The topological polar surface area (TPSA) is 51.2 Å². The molecule has 0 bridgehead atoms. The Bertz CT molecular complexity index is 413. The fraction of sp³-hybridized carbons (Fsp3) is 0.200. The quantitative estimate of drug-likeness (QED) is 0.671. The van der Waals surface area contributed by atoms with E-state index >= 15 is 0 Å². The summed E-state index contributed by atoms with van der Waals surface area (Å²) in [6.45, 7) is 0. The van der Waals surface area contributed by atoms with Crippen LogP contribution >= 0.6 is 27.3 Å². The van der Waals surface area contributed by atoms with Crippen molar-refractivity contribution in [1.29, 1.82) is 0 Å². The van der Waals surface area contributed by atoms with Crippen LogP contribution in [-0.2, 0) is 6.42 Å². The Balaban J connectivity index is 2.15. The fourth-order valence-electron chi connectivity index (χ4n) is 1.46. The van der Waals surface area contributed by atoms with E-state index in [1.54, 1.807) is 17.6 Å². The lowest BCUT2D eigenvalue weighted by atomic mass is 10.0. The zero-order valence-electron chi connectivity index (χ0n) is 7.94. The number of furan rings is 1. The predicted molar refractivity (Wildman–Crippen MR) is 64.5 cm³/mol. The molecule has 1 atom stereocenters. The predicted octanol–water partition coefficient (Wildman–Crippen LogP) is 2.85. The van der Waals surface area contributed by atoms with Crippen LogP contribution in [0.2, 0.25) is 0 Å². The largest absolute Gasteiger partial charge is 0.457 e. The summed E-state index contributed by atoms with van der Waals surface area (Å²) in [7, 11) is 0. The number of rotatable bonds is 4. The molecule has 0 amide bonds. The standard InChI is InChI=1S/C10H11BrN2OS/c11-10-8(1-3-14-10)9(13-12)5-7-2-4-15-6-7/h1-4,6,9,13H,5,12H2. The van der Waals surface area contributed by atoms with Gasteiger partial charge in [0.25, 0.3) is 0 Å². The number of thiophene rings is 1. The van der Waals surface area contributed by atoms with Crippen molar-refractivity contribution in [2.24, 2.45) is 5.84 Å². The second kappa shape index (κ2) is 4.94. The number of nitrogens with one attached hydrogen (secondary N) is 1. The van der Waals surface area contributed by atoms with Crippen molar-refractivity contribution >= 4 is 27.3 Å². The van der Waals surface area contributed by atoms with Crippen molar-refractivity contribution < 1.29 is 4.42 Å². The van der Waals surface area contributed by atoms with Crippen molar-refractivity contribution in [3.8, 4) is 0 Å². The molecule has 80 valence electrons. The van der Waals surface area contributed by atoms with E-state index in [2.05, 4.69) is 38.2 Å². The van der Waals surface area contributed by atoms with Gasteiger partial charge >= 0.3 is 0 Å². The lowest BCUT2D eigenvalue weighted by Gasteiger charge is -2.13. The van der Waals surface area contributed by atoms with Gasteiger partial charge in [0, 0.05) is 5.56 Å². The van der Waals surface area contributed by atoms with Crippen LogP contribution in [0.5, 0.6) is 0 Å². The number of halogens is 1. The van der Waals surface area contributed by atoms with Crippen molar-refractivity contribution in [1.82, 2.24) is 5.43 Å². The maximum Gasteiger partial charge on any atom is 0.173 e. The molecule has 1 unspecified atom stereocenters. The molecule has 15 heavy (non-hydrogen) atoms.